The Bertz CT molecular complexity index is 618. The molecule has 98 valence electrons. The van der Waals surface area contributed by atoms with Gasteiger partial charge in [0.1, 0.15) is 10.8 Å². The maximum atomic E-state index is 13.4. The normalized spacial score (nSPS) is 10.3. The van der Waals surface area contributed by atoms with Gasteiger partial charge < -0.3 is 11.1 Å². The van der Waals surface area contributed by atoms with E-state index in [9.17, 15) is 4.39 Å². The second-order valence-corrected chi connectivity index (χ2v) is 4.94. The van der Waals surface area contributed by atoms with Crippen molar-refractivity contribution in [3.05, 3.63) is 58.9 Å². The predicted molar refractivity (Wildman–Crippen MR) is 81.5 cm³/mol. The van der Waals surface area contributed by atoms with Crippen LogP contribution in [0.5, 0.6) is 0 Å². The van der Waals surface area contributed by atoms with Crippen LogP contribution in [-0.2, 0) is 0 Å². The minimum atomic E-state index is -0.270. The van der Waals surface area contributed by atoms with Gasteiger partial charge >= 0.3 is 0 Å². The lowest BCUT2D eigenvalue weighted by Gasteiger charge is -2.14. The summed E-state index contributed by atoms with van der Waals surface area (Å²) in [5, 5.41) is 3.20. The van der Waals surface area contributed by atoms with Gasteiger partial charge in [-0.2, -0.15) is 0 Å². The summed E-state index contributed by atoms with van der Waals surface area (Å²) in [7, 11) is 0. The molecule has 2 rings (SSSR count). The van der Waals surface area contributed by atoms with E-state index in [-0.39, 0.29) is 5.82 Å². The minimum absolute atomic E-state index is 0.270. The van der Waals surface area contributed by atoms with Crippen molar-refractivity contribution in [1.29, 1.82) is 0 Å². The van der Waals surface area contributed by atoms with E-state index in [1.165, 1.54) is 12.1 Å². The summed E-state index contributed by atoms with van der Waals surface area (Å²) in [4.78, 5) is 0.319. The zero-order chi connectivity index (χ0) is 14.0. The molecule has 0 atom stereocenters. The smallest absolute Gasteiger partial charge is 0.125 e. The summed E-state index contributed by atoms with van der Waals surface area (Å²) in [6.45, 7) is 3.80. The number of para-hydroxylation sites is 1. The summed E-state index contributed by atoms with van der Waals surface area (Å²) < 4.78 is 13.4. The lowest BCUT2D eigenvalue weighted by molar-refractivity contribution is 0.627. The molecule has 2 nitrogen and oxygen atoms in total. The molecule has 4 heteroatoms. The molecule has 2 aromatic rings. The summed E-state index contributed by atoms with van der Waals surface area (Å²) in [6.07, 6.45) is 0. The Morgan fingerprint density at radius 3 is 2.58 bits per heavy atom. The first-order valence-electron chi connectivity index (χ1n) is 5.91. The largest absolute Gasteiger partial charge is 0.389 e. The third-order valence-electron chi connectivity index (χ3n) is 2.85. The van der Waals surface area contributed by atoms with Gasteiger partial charge in [-0.1, -0.05) is 24.4 Å². The van der Waals surface area contributed by atoms with E-state index in [1.807, 2.05) is 38.1 Å². The molecule has 0 bridgehead atoms. The fourth-order valence-electron chi connectivity index (χ4n) is 1.99. The van der Waals surface area contributed by atoms with Crippen LogP contribution >= 0.6 is 12.2 Å². The zero-order valence-electron chi connectivity index (χ0n) is 10.8. The molecule has 0 saturated carbocycles. The van der Waals surface area contributed by atoms with E-state index in [0.29, 0.717) is 10.7 Å². The van der Waals surface area contributed by atoms with Crippen LogP contribution in [0.15, 0.2) is 36.4 Å². The number of anilines is 2. The van der Waals surface area contributed by atoms with Crippen LogP contribution < -0.4 is 11.1 Å². The molecule has 19 heavy (non-hydrogen) atoms. The van der Waals surface area contributed by atoms with Crippen LogP contribution in [-0.4, -0.2) is 4.99 Å². The Morgan fingerprint density at radius 2 is 1.95 bits per heavy atom. The first-order valence-corrected chi connectivity index (χ1v) is 6.32. The molecule has 0 aliphatic carbocycles. The van der Waals surface area contributed by atoms with Crippen molar-refractivity contribution in [2.45, 2.75) is 13.8 Å². The molecule has 0 radical (unpaired) electrons. The van der Waals surface area contributed by atoms with Gasteiger partial charge in [0, 0.05) is 11.3 Å². The number of hydrogen-bond donors (Lipinski definition) is 2. The molecule has 0 saturated heterocycles. The molecule has 0 aliphatic heterocycles. The molecule has 0 heterocycles. The van der Waals surface area contributed by atoms with Crippen LogP contribution in [0.1, 0.15) is 16.7 Å². The van der Waals surface area contributed by atoms with Gasteiger partial charge in [-0.15, -0.1) is 0 Å². The van der Waals surface area contributed by atoms with Gasteiger partial charge in [-0.05, 0) is 49.2 Å². The summed E-state index contributed by atoms with van der Waals surface area (Å²) in [5.74, 6) is -0.270. The summed E-state index contributed by atoms with van der Waals surface area (Å²) in [5.41, 5.74) is 9.84. The number of aryl methyl sites for hydroxylation is 2. The van der Waals surface area contributed by atoms with Gasteiger partial charge in [0.2, 0.25) is 0 Å². The predicted octanol–water partition coefficient (Wildman–Crippen LogP) is 3.82. The fraction of sp³-hybridized carbons (Fsp3) is 0.133. The Hall–Kier alpha value is -1.94. The number of nitrogens with two attached hydrogens (primary N) is 1. The first kappa shape index (κ1) is 13.5. The maximum absolute atomic E-state index is 13.4. The van der Waals surface area contributed by atoms with Crippen molar-refractivity contribution in [2.75, 3.05) is 5.32 Å². The number of nitrogens with one attached hydrogen (secondary N) is 1. The number of thiocarbonyl (C=S) groups is 1. The van der Waals surface area contributed by atoms with E-state index in [4.69, 9.17) is 18.0 Å². The molecule has 0 spiro atoms. The van der Waals surface area contributed by atoms with E-state index in [0.717, 1.165) is 22.4 Å². The third-order valence-corrected chi connectivity index (χ3v) is 3.07. The molecule has 0 aromatic heterocycles. The van der Waals surface area contributed by atoms with Crippen molar-refractivity contribution < 1.29 is 4.39 Å². The average molecular weight is 274 g/mol. The molecule has 0 aliphatic rings. The highest BCUT2D eigenvalue weighted by molar-refractivity contribution is 7.80. The molecule has 0 fully saturated rings. The molecule has 3 N–H and O–H groups in total. The van der Waals surface area contributed by atoms with Gasteiger partial charge in [0.25, 0.3) is 0 Å². The molecule has 0 amide bonds. The number of benzene rings is 2. The molecular formula is C15H15FN2S. The highest BCUT2D eigenvalue weighted by atomic mass is 32.1. The maximum Gasteiger partial charge on any atom is 0.125 e. The van der Waals surface area contributed by atoms with Crippen LogP contribution in [0.4, 0.5) is 15.8 Å². The first-order chi connectivity index (χ1) is 8.97. The number of rotatable bonds is 3. The Balaban J connectivity index is 2.45. The highest BCUT2D eigenvalue weighted by Gasteiger charge is 2.08. The van der Waals surface area contributed by atoms with E-state index >= 15 is 0 Å². The standard InChI is InChI=1S/C15H15FN2S/c1-9-6-11(16)8-12(7-9)18-14-10(2)4-3-5-13(14)15(17)19/h3-8,18H,1-2H3,(H2,17,19). The van der Waals surface area contributed by atoms with E-state index in [1.54, 1.807) is 0 Å². The van der Waals surface area contributed by atoms with Gasteiger partial charge in [-0.25, -0.2) is 4.39 Å². The lowest BCUT2D eigenvalue weighted by atomic mass is 10.1. The quantitative estimate of drug-likeness (QED) is 0.836. The molecule has 2 aromatic carbocycles. The van der Waals surface area contributed by atoms with Gasteiger partial charge in [-0.3, -0.25) is 0 Å². The number of halogens is 1. The minimum Gasteiger partial charge on any atom is -0.389 e. The van der Waals surface area contributed by atoms with Crippen molar-refractivity contribution in [1.82, 2.24) is 0 Å². The second-order valence-electron chi connectivity index (χ2n) is 4.50. The van der Waals surface area contributed by atoms with Crippen LogP contribution in [0.2, 0.25) is 0 Å². The second kappa shape index (κ2) is 5.36. The number of hydrogen-bond acceptors (Lipinski definition) is 2. The zero-order valence-corrected chi connectivity index (χ0v) is 11.6. The Kier molecular flexibility index (Phi) is 3.81. The SMILES string of the molecule is Cc1cc(F)cc(Nc2c(C)cccc2C(N)=S)c1. The Labute approximate surface area is 117 Å². The monoisotopic (exact) mass is 274 g/mol. The van der Waals surface area contributed by atoms with Crippen molar-refractivity contribution in [2.24, 2.45) is 5.73 Å². The van der Waals surface area contributed by atoms with Crippen LogP contribution in [0.25, 0.3) is 0 Å². The average Bonchev–Trinajstić information content (AvgIpc) is 2.30. The van der Waals surface area contributed by atoms with Crippen LogP contribution in [0.3, 0.4) is 0 Å². The third kappa shape index (κ3) is 3.09. The summed E-state index contributed by atoms with van der Waals surface area (Å²) >= 11 is 5.04. The van der Waals surface area contributed by atoms with Crippen molar-refractivity contribution in [3.8, 4) is 0 Å². The topological polar surface area (TPSA) is 38.0 Å². The van der Waals surface area contributed by atoms with Crippen LogP contribution in [0, 0.1) is 19.7 Å². The summed E-state index contributed by atoms with van der Waals surface area (Å²) in [6, 6.07) is 10.5. The van der Waals surface area contributed by atoms with E-state index in [2.05, 4.69) is 5.32 Å². The van der Waals surface area contributed by atoms with Crippen molar-refractivity contribution >= 4 is 28.6 Å². The lowest BCUT2D eigenvalue weighted by Crippen LogP contribution is -2.12. The van der Waals surface area contributed by atoms with Gasteiger partial charge in [0.05, 0.1) is 5.69 Å². The molecular weight excluding hydrogens is 259 g/mol. The fourth-order valence-corrected chi connectivity index (χ4v) is 2.16. The highest BCUT2D eigenvalue weighted by Crippen LogP contribution is 2.26. The van der Waals surface area contributed by atoms with E-state index < -0.39 is 0 Å². The van der Waals surface area contributed by atoms with Crippen molar-refractivity contribution in [3.63, 3.8) is 0 Å². The Morgan fingerprint density at radius 1 is 1.21 bits per heavy atom. The van der Waals surface area contributed by atoms with Gasteiger partial charge in [0.15, 0.2) is 0 Å². The molecule has 0 unspecified atom stereocenters.